The Kier molecular flexibility index (Phi) is 7.30. The molecule has 3 rings (SSSR count). The van der Waals surface area contributed by atoms with Crippen molar-refractivity contribution in [1.82, 2.24) is 0 Å². The molecule has 0 radical (unpaired) electrons. The van der Waals surface area contributed by atoms with Crippen molar-refractivity contribution in [3.63, 3.8) is 0 Å². The van der Waals surface area contributed by atoms with Crippen LogP contribution in [-0.4, -0.2) is 35.0 Å². The number of phenols is 1. The molecule has 0 heterocycles. The Morgan fingerprint density at radius 1 is 0.889 bits per heavy atom. The number of nitrogens with zero attached hydrogens (tertiary/aromatic N) is 3. The van der Waals surface area contributed by atoms with Crippen LogP contribution in [-0.2, 0) is 10.1 Å². The van der Waals surface area contributed by atoms with Gasteiger partial charge in [0.15, 0.2) is 34.8 Å². The summed E-state index contributed by atoms with van der Waals surface area (Å²) in [5, 5.41) is 29.0. The lowest BCUT2D eigenvalue weighted by atomic mass is 10.1. The van der Waals surface area contributed by atoms with E-state index in [0.29, 0.717) is 12.1 Å². The van der Waals surface area contributed by atoms with Gasteiger partial charge >= 0.3 is 5.97 Å². The number of aromatic carboxylic acids is 1. The lowest BCUT2D eigenvalue weighted by Gasteiger charge is -2.08. The fourth-order valence-electron chi connectivity index (χ4n) is 2.68. The Labute approximate surface area is 197 Å². The number of para-hydroxylation sites is 1. The average Bonchev–Trinajstić information content (AvgIpc) is 2.81. The number of anilines is 1. The van der Waals surface area contributed by atoms with Gasteiger partial charge in [0, 0.05) is 0 Å². The minimum absolute atomic E-state index is 0.112. The largest absolute Gasteiger partial charge is 0.506 e. The lowest BCUT2D eigenvalue weighted by Crippen LogP contribution is -2.10. The highest BCUT2D eigenvalue weighted by Gasteiger charge is 2.24. The predicted octanol–water partition coefficient (Wildman–Crippen LogP) is 4.59. The molecule has 0 saturated carbocycles. The van der Waals surface area contributed by atoms with Crippen molar-refractivity contribution < 1.29 is 49.9 Å². The maximum absolute atomic E-state index is 14.5. The molecule has 188 valence electrons. The van der Waals surface area contributed by atoms with Gasteiger partial charge in [0.05, 0.1) is 16.8 Å². The third kappa shape index (κ3) is 5.28. The van der Waals surface area contributed by atoms with Gasteiger partial charge in [0.1, 0.15) is 10.6 Å². The van der Waals surface area contributed by atoms with E-state index in [9.17, 15) is 45.4 Å². The van der Waals surface area contributed by atoms with Crippen LogP contribution < -0.4 is 5.43 Å². The number of hydrogen-bond donors (Lipinski definition) is 4. The fraction of sp³-hybridized carbons (Fsp3) is 0. The molecule has 10 nitrogen and oxygen atoms in total. The van der Waals surface area contributed by atoms with Gasteiger partial charge in [-0.3, -0.25) is 9.98 Å². The molecule has 0 amide bonds. The van der Waals surface area contributed by atoms with Gasteiger partial charge in [-0.05, 0) is 30.3 Å². The quantitative estimate of drug-likeness (QED) is 0.0530. The molecule has 0 saturated heterocycles. The van der Waals surface area contributed by atoms with Crippen LogP contribution in [0.25, 0.3) is 0 Å². The second kappa shape index (κ2) is 10.0. The number of azo groups is 1. The molecule has 0 aliphatic carbocycles. The second-order valence-corrected chi connectivity index (χ2v) is 8.06. The van der Waals surface area contributed by atoms with Crippen LogP contribution in [0, 0.1) is 29.1 Å². The summed E-state index contributed by atoms with van der Waals surface area (Å²) in [5.41, 5.74) is -0.859. The van der Waals surface area contributed by atoms with Gasteiger partial charge in [-0.2, -0.15) is 13.5 Å². The number of carboxylic acids is 1. The molecule has 0 aromatic heterocycles. The van der Waals surface area contributed by atoms with E-state index in [0.717, 1.165) is 6.07 Å². The lowest BCUT2D eigenvalue weighted by molar-refractivity contribution is 0.0698. The van der Waals surface area contributed by atoms with Gasteiger partial charge in [0.25, 0.3) is 10.1 Å². The number of carboxylic acid groups (broad SMARTS) is 1. The molecule has 36 heavy (non-hydrogen) atoms. The van der Waals surface area contributed by atoms with Crippen LogP contribution in [0.2, 0.25) is 0 Å². The molecular weight excluding hydrogens is 519 g/mol. The zero-order valence-corrected chi connectivity index (χ0v) is 18.1. The first-order chi connectivity index (χ1) is 16.8. The Morgan fingerprint density at radius 2 is 1.56 bits per heavy atom. The van der Waals surface area contributed by atoms with E-state index < -0.39 is 72.9 Å². The highest BCUT2D eigenvalue weighted by molar-refractivity contribution is 7.85. The standard InChI is InChI=1S/C20H11F5N4O6S/c21-10-7-9(14(22)17(25)15(10)23)19(28-26-11-4-2-1-3-8(11)20(31)32)29-27-18-12(30)5-6-13(16(18)24)36(33,34)35/h1-7,26,30H,(H,31,32)(H,33,34,35). The molecule has 0 atom stereocenters. The molecule has 0 spiro atoms. The van der Waals surface area contributed by atoms with Crippen LogP contribution in [0.15, 0.2) is 62.7 Å². The zero-order chi connectivity index (χ0) is 26.8. The minimum Gasteiger partial charge on any atom is -0.506 e. The Hall–Kier alpha value is -4.44. The summed E-state index contributed by atoms with van der Waals surface area (Å²) < 4.78 is 102. The summed E-state index contributed by atoms with van der Waals surface area (Å²) in [7, 11) is -5.13. The van der Waals surface area contributed by atoms with Crippen LogP contribution in [0.3, 0.4) is 0 Å². The SMILES string of the molecule is O=C(O)c1ccccc1NN=C(N=Nc1c(O)ccc(S(=O)(=O)O)c1F)c1cc(F)c(F)c(F)c1F. The first-order valence-electron chi connectivity index (χ1n) is 9.23. The van der Waals surface area contributed by atoms with E-state index in [2.05, 4.69) is 20.8 Å². The first-order valence-corrected chi connectivity index (χ1v) is 10.7. The number of hydrogen-bond acceptors (Lipinski definition) is 7. The molecule has 0 aliphatic rings. The summed E-state index contributed by atoms with van der Waals surface area (Å²) in [4.78, 5) is 10.0. The van der Waals surface area contributed by atoms with Gasteiger partial charge < -0.3 is 10.2 Å². The van der Waals surface area contributed by atoms with E-state index in [-0.39, 0.29) is 17.3 Å². The number of halogens is 5. The first kappa shape index (κ1) is 26.2. The van der Waals surface area contributed by atoms with Crippen LogP contribution in [0.4, 0.5) is 33.3 Å². The number of hydrazone groups is 1. The van der Waals surface area contributed by atoms with Crippen LogP contribution in [0.1, 0.15) is 15.9 Å². The summed E-state index contributed by atoms with van der Waals surface area (Å²) in [6.07, 6.45) is 0. The number of carbonyl (C=O) groups is 1. The third-order valence-electron chi connectivity index (χ3n) is 4.37. The van der Waals surface area contributed by atoms with Crippen molar-refractivity contribution in [2.24, 2.45) is 15.3 Å². The number of nitrogens with one attached hydrogen (secondary N) is 1. The summed E-state index contributed by atoms with van der Waals surface area (Å²) in [6.45, 7) is 0. The topological polar surface area (TPSA) is 161 Å². The van der Waals surface area contributed by atoms with Crippen LogP contribution in [0.5, 0.6) is 5.75 Å². The van der Waals surface area contributed by atoms with Crippen molar-refractivity contribution in [2.75, 3.05) is 5.43 Å². The van der Waals surface area contributed by atoms with Crippen molar-refractivity contribution >= 4 is 33.3 Å². The number of phenolic OH excluding ortho intramolecular Hbond substituents is 1. The predicted molar refractivity (Wildman–Crippen MR) is 112 cm³/mol. The van der Waals surface area contributed by atoms with Crippen molar-refractivity contribution in [2.45, 2.75) is 4.90 Å². The molecule has 3 aromatic rings. The maximum Gasteiger partial charge on any atom is 0.337 e. The zero-order valence-electron chi connectivity index (χ0n) is 17.2. The second-order valence-electron chi connectivity index (χ2n) is 6.67. The smallest absolute Gasteiger partial charge is 0.337 e. The Balaban J connectivity index is 2.20. The number of benzene rings is 3. The normalized spacial score (nSPS) is 12.2. The van der Waals surface area contributed by atoms with Crippen molar-refractivity contribution in [1.29, 1.82) is 0 Å². The van der Waals surface area contributed by atoms with E-state index in [1.807, 2.05) is 0 Å². The van der Waals surface area contributed by atoms with Gasteiger partial charge in [-0.15, -0.1) is 10.2 Å². The monoisotopic (exact) mass is 530 g/mol. The summed E-state index contributed by atoms with van der Waals surface area (Å²) in [6, 6.07) is 6.23. The van der Waals surface area contributed by atoms with Crippen LogP contribution >= 0.6 is 0 Å². The minimum atomic E-state index is -5.13. The molecule has 4 N–H and O–H groups in total. The third-order valence-corrected chi connectivity index (χ3v) is 5.24. The molecule has 0 fully saturated rings. The fourth-order valence-corrected chi connectivity index (χ4v) is 3.24. The highest BCUT2D eigenvalue weighted by atomic mass is 32.2. The maximum atomic E-state index is 14.5. The Morgan fingerprint density at radius 3 is 2.19 bits per heavy atom. The van der Waals surface area contributed by atoms with Gasteiger partial charge in [-0.25, -0.2) is 26.7 Å². The molecule has 16 heteroatoms. The van der Waals surface area contributed by atoms with Crippen molar-refractivity contribution in [3.8, 4) is 5.75 Å². The van der Waals surface area contributed by atoms with E-state index in [1.165, 1.54) is 18.2 Å². The van der Waals surface area contributed by atoms with Gasteiger partial charge in [-0.1, -0.05) is 12.1 Å². The molecule has 0 bridgehead atoms. The number of rotatable bonds is 6. The average molecular weight is 530 g/mol. The van der Waals surface area contributed by atoms with E-state index in [1.54, 1.807) is 0 Å². The molecule has 3 aromatic carbocycles. The van der Waals surface area contributed by atoms with Crippen molar-refractivity contribution in [3.05, 3.63) is 82.7 Å². The highest BCUT2D eigenvalue weighted by Crippen LogP contribution is 2.34. The molecular formula is C20H11F5N4O6S. The summed E-state index contributed by atoms with van der Waals surface area (Å²) in [5.74, 6) is -13.7. The van der Waals surface area contributed by atoms with E-state index >= 15 is 0 Å². The Bertz CT molecular complexity index is 1550. The number of amidine groups is 1. The van der Waals surface area contributed by atoms with Gasteiger partial charge in [0.2, 0.25) is 5.84 Å². The summed E-state index contributed by atoms with van der Waals surface area (Å²) >= 11 is 0. The van der Waals surface area contributed by atoms with E-state index in [4.69, 9.17) is 4.55 Å². The molecule has 0 aliphatic heterocycles. The number of aromatic hydroxyl groups is 1. The molecule has 0 unspecified atom stereocenters.